The van der Waals surface area contributed by atoms with Crippen molar-refractivity contribution in [2.45, 2.75) is 38.5 Å². The van der Waals surface area contributed by atoms with Crippen LogP contribution >= 0.6 is 0 Å². The molecule has 0 aromatic heterocycles. The Morgan fingerprint density at radius 2 is 2.33 bits per heavy atom. The second-order valence-corrected chi connectivity index (χ2v) is 2.34. The largest absolute Gasteiger partial charge is 0.392 e. The minimum absolute atomic E-state index is 1.01. The van der Waals surface area contributed by atoms with Gasteiger partial charge < -0.3 is 10.3 Å². The Hall–Kier alpha value is -0.380. The van der Waals surface area contributed by atoms with Crippen LogP contribution in [0.3, 0.4) is 0 Å². The van der Waals surface area contributed by atoms with Crippen molar-refractivity contribution in [3.63, 3.8) is 0 Å². The first-order valence-corrected chi connectivity index (χ1v) is 2.87. The van der Waals surface area contributed by atoms with Gasteiger partial charge >= 0.3 is 0 Å². The predicted molar refractivity (Wildman–Crippen MR) is 47.0 cm³/mol. The van der Waals surface area contributed by atoms with Gasteiger partial charge in [-0.2, -0.15) is 5.06 Å². The van der Waals surface area contributed by atoms with Crippen LogP contribution in [0.15, 0.2) is 11.6 Å². The van der Waals surface area contributed by atoms with Crippen molar-refractivity contribution in [3.05, 3.63) is 11.6 Å². The van der Waals surface area contributed by atoms with Crippen LogP contribution in [-0.2, 0) is 0 Å². The van der Waals surface area contributed by atoms with Crippen molar-refractivity contribution in [3.8, 4) is 0 Å². The van der Waals surface area contributed by atoms with Gasteiger partial charge in [0, 0.05) is 16.4 Å². The van der Waals surface area contributed by atoms with Crippen molar-refractivity contribution in [1.29, 1.82) is 0 Å². The maximum Gasteiger partial charge on any atom is 0.0660 e. The molecule has 1 heterocycles. The van der Waals surface area contributed by atoms with E-state index in [1.807, 2.05) is 0 Å². The summed E-state index contributed by atoms with van der Waals surface area (Å²) in [6.07, 6.45) is 0. The van der Waals surface area contributed by atoms with E-state index in [0.717, 1.165) is 0 Å². The van der Waals surface area contributed by atoms with E-state index in [-0.39, 0.29) is 0 Å². The summed E-state index contributed by atoms with van der Waals surface area (Å²) in [6.45, 7) is -19.8. The lowest BCUT2D eigenvalue weighted by atomic mass is 9.99. The maximum absolute atomic E-state index is 10.6. The van der Waals surface area contributed by atoms with Crippen molar-refractivity contribution in [2.75, 3.05) is 6.56 Å². The fourth-order valence-corrected chi connectivity index (χ4v) is 0.791. The zero-order chi connectivity index (χ0) is 22.2. The molecule has 3 nitrogen and oxygen atoms in total. The number of hydrogen-bond acceptors (Lipinski definition) is 3. The molecule has 0 aromatic carbocycles. The minimum Gasteiger partial charge on any atom is -0.392 e. The lowest BCUT2D eigenvalue weighted by Gasteiger charge is -2.35. The van der Waals surface area contributed by atoms with Crippen LogP contribution in [0.2, 0.25) is 0 Å². The number of aliphatic hydroxyl groups is 1. The summed E-state index contributed by atoms with van der Waals surface area (Å²) in [7, 11) is 0. The second kappa shape index (κ2) is 2.55. The fraction of sp³-hybridized carbons (Fsp3) is 0.778. The van der Waals surface area contributed by atoms with Gasteiger partial charge in [0.2, 0.25) is 0 Å². The molecule has 1 aliphatic heterocycles. The number of hydroxylamine groups is 2. The number of hydrogen-bond donors (Lipinski definition) is 2. The Morgan fingerprint density at radius 1 is 1.67 bits per heavy atom. The van der Waals surface area contributed by atoms with E-state index in [9.17, 15) is 10.3 Å². The van der Waals surface area contributed by atoms with Gasteiger partial charge in [-0.1, -0.05) is 6.05 Å². The summed E-state index contributed by atoms with van der Waals surface area (Å²) in [5.74, 6) is 0. The van der Waals surface area contributed by atoms with Gasteiger partial charge in [0.05, 0.1) is 21.7 Å². The third-order valence-corrected chi connectivity index (χ3v) is 1.41. The van der Waals surface area contributed by atoms with E-state index in [0.29, 0.717) is 0 Å². The number of nitrogens with zero attached hydrogens (tertiary/aromatic N) is 1. The molecule has 0 spiro atoms. The average Bonchev–Trinajstić information content (AvgIpc) is 2.50. The standard InChI is InChI=1S/C9H17NO2/c1-8(2)5-7(6-11)9(3,4)10(8)12/h5,11-12H,6H2,1-4H3/i1D3,2D3,3D3,4D3,5D,6D2,10+1. The monoisotopic (exact) mass is 187 g/mol. The molecule has 0 aromatic rings. The first-order chi connectivity index (χ1) is 11.4. The Kier molecular flexibility index (Phi) is 0.393. The SMILES string of the molecule is [2H]C1=C(C([2H])([2H])O)C(C([2H])([2H])[2H])(C([2H])([2H])[2H])[15N](O)C1(C([2H])([2H])[2H])C([2H])([2H])[2H]. The molecule has 3 heteroatoms. The molecule has 12 heavy (non-hydrogen) atoms. The molecule has 2 N–H and O–H groups in total. The zero-order valence-corrected chi connectivity index (χ0v) is 5.84. The summed E-state index contributed by atoms with van der Waals surface area (Å²) >= 11 is 0. The lowest BCUT2D eigenvalue weighted by Crippen LogP contribution is -2.48. The van der Waals surface area contributed by atoms with Gasteiger partial charge in [-0.25, -0.2) is 0 Å². The van der Waals surface area contributed by atoms with Crippen molar-refractivity contribution >= 4 is 0 Å². The van der Waals surface area contributed by atoms with Crippen LogP contribution in [-0.4, -0.2) is 33.0 Å². The van der Waals surface area contributed by atoms with Gasteiger partial charge in [0.1, 0.15) is 0 Å². The average molecular weight is 187 g/mol. The molecular weight excluding hydrogens is 155 g/mol. The number of rotatable bonds is 1. The third kappa shape index (κ3) is 1.18. The Labute approximate surface area is 94.3 Å². The maximum atomic E-state index is 10.6. The highest BCUT2D eigenvalue weighted by Gasteiger charge is 2.44. The molecule has 1 aliphatic rings. The van der Waals surface area contributed by atoms with E-state index in [1.54, 1.807) is 0 Å². The Morgan fingerprint density at radius 3 is 2.67 bits per heavy atom. The summed E-state index contributed by atoms with van der Waals surface area (Å²) in [4.78, 5) is 0. The zero-order valence-electron chi connectivity index (χ0n) is 20.8. The van der Waals surface area contributed by atoms with Crippen molar-refractivity contribution in [1.82, 2.24) is 5.06 Å². The summed E-state index contributed by atoms with van der Waals surface area (Å²) in [5.41, 5.74) is -9.82. The highest BCUT2D eigenvalue weighted by atomic mass is 16.8. The molecule has 0 saturated carbocycles. The molecule has 0 radical (unpaired) electrons. The van der Waals surface area contributed by atoms with Crippen LogP contribution in [0, 0.1) is 0 Å². The molecule has 1 rings (SSSR count). The minimum atomic E-state index is -4.02. The van der Waals surface area contributed by atoms with E-state index in [1.165, 1.54) is 0 Å². The first kappa shape index (κ1) is 1.85. The van der Waals surface area contributed by atoms with Crippen LogP contribution in [0.25, 0.3) is 0 Å². The van der Waals surface area contributed by atoms with Gasteiger partial charge in [0.15, 0.2) is 0 Å². The van der Waals surface area contributed by atoms with Crippen LogP contribution in [0.1, 0.15) is 48.0 Å². The summed E-state index contributed by atoms with van der Waals surface area (Å²) in [6, 6.07) is -1.87. The molecule has 0 bridgehead atoms. The lowest BCUT2D eigenvalue weighted by molar-refractivity contribution is -0.186. The highest BCUT2D eigenvalue weighted by Crippen LogP contribution is 2.37. The summed E-state index contributed by atoms with van der Waals surface area (Å²) in [5, 5.41) is 19.3. The molecule has 0 aliphatic carbocycles. The second-order valence-electron chi connectivity index (χ2n) is 2.34. The molecule has 0 unspecified atom stereocenters. The molecule has 0 saturated heterocycles. The topological polar surface area (TPSA) is 43.7 Å². The smallest absolute Gasteiger partial charge is 0.0660 e. The van der Waals surface area contributed by atoms with Crippen molar-refractivity contribution < 1.29 is 30.9 Å². The molecule has 0 fully saturated rings. The van der Waals surface area contributed by atoms with Crippen molar-refractivity contribution in [2.24, 2.45) is 0 Å². The van der Waals surface area contributed by atoms with E-state index >= 15 is 0 Å². The molecule has 70 valence electrons. The van der Waals surface area contributed by atoms with E-state index < -0.39 is 61.7 Å². The molecule has 0 atom stereocenters. The molecular formula is C9H17NO2. The summed E-state index contributed by atoms with van der Waals surface area (Å²) < 4.78 is 113. The van der Waals surface area contributed by atoms with Gasteiger partial charge in [-0.3, -0.25) is 0 Å². The predicted octanol–water partition coefficient (Wildman–Crippen LogP) is 1.17. The van der Waals surface area contributed by atoms with Crippen LogP contribution < -0.4 is 0 Å². The normalized spacial score (nSPS) is 52.0. The van der Waals surface area contributed by atoms with Gasteiger partial charge in [0.25, 0.3) is 0 Å². The van der Waals surface area contributed by atoms with Crippen LogP contribution in [0.4, 0.5) is 0 Å². The van der Waals surface area contributed by atoms with Gasteiger partial charge in [-0.15, -0.1) is 0 Å². The van der Waals surface area contributed by atoms with E-state index in [4.69, 9.17) is 20.6 Å². The quantitative estimate of drug-likeness (QED) is 0.478. The third-order valence-electron chi connectivity index (χ3n) is 1.41. The highest BCUT2D eigenvalue weighted by molar-refractivity contribution is 5.29. The molecule has 0 amide bonds. The van der Waals surface area contributed by atoms with Crippen LogP contribution in [0.5, 0.6) is 0 Å². The Balaban J connectivity index is 4.37. The van der Waals surface area contributed by atoms with E-state index in [2.05, 4.69) is 0 Å². The van der Waals surface area contributed by atoms with Gasteiger partial charge in [-0.05, 0) is 33.0 Å². The Bertz CT molecular complexity index is 602. The first-order valence-electron chi connectivity index (χ1n) is 10.4. The fourth-order valence-electron chi connectivity index (χ4n) is 0.791.